The molecule has 0 aromatic heterocycles. The van der Waals surface area contributed by atoms with Gasteiger partial charge in [0.05, 0.1) is 0 Å². The van der Waals surface area contributed by atoms with Crippen LogP contribution in [0, 0.1) is 23.7 Å². The lowest BCUT2D eigenvalue weighted by molar-refractivity contribution is 0.131. The predicted molar refractivity (Wildman–Crippen MR) is 124 cm³/mol. The van der Waals surface area contributed by atoms with E-state index in [2.05, 4.69) is 27.7 Å². The number of hydrogen-bond acceptors (Lipinski definition) is 0. The summed E-state index contributed by atoms with van der Waals surface area (Å²) in [6.45, 7) is 9.69. The Balaban J connectivity index is 2.30. The monoisotopic (exact) mass is 378 g/mol. The lowest BCUT2D eigenvalue weighted by atomic mass is 9.68. The Morgan fingerprint density at radius 1 is 0.667 bits per heavy atom. The predicted octanol–water partition coefficient (Wildman–Crippen LogP) is 9.96. The van der Waals surface area contributed by atoms with Crippen LogP contribution in [0.25, 0.3) is 0 Å². The van der Waals surface area contributed by atoms with E-state index >= 15 is 0 Å². The van der Waals surface area contributed by atoms with Crippen molar-refractivity contribution in [2.45, 2.75) is 150 Å². The van der Waals surface area contributed by atoms with E-state index in [0.717, 1.165) is 23.7 Å². The third-order valence-corrected chi connectivity index (χ3v) is 7.64. The molecule has 1 fully saturated rings. The van der Waals surface area contributed by atoms with Crippen LogP contribution >= 0.6 is 0 Å². The summed E-state index contributed by atoms with van der Waals surface area (Å²) in [6, 6.07) is 0. The van der Waals surface area contributed by atoms with Gasteiger partial charge in [-0.2, -0.15) is 0 Å². The maximum atomic E-state index is 2.60. The van der Waals surface area contributed by atoms with Crippen molar-refractivity contribution < 1.29 is 0 Å². The maximum absolute atomic E-state index is 2.60. The van der Waals surface area contributed by atoms with Gasteiger partial charge in [0.1, 0.15) is 0 Å². The molecule has 0 heterocycles. The second kappa shape index (κ2) is 16.9. The van der Waals surface area contributed by atoms with Crippen LogP contribution in [0.15, 0.2) is 0 Å². The lowest BCUT2D eigenvalue weighted by Crippen LogP contribution is -2.27. The third kappa shape index (κ3) is 11.6. The largest absolute Gasteiger partial charge is 0.0654 e. The molecule has 0 heteroatoms. The first-order valence-electron chi connectivity index (χ1n) is 13.2. The molecule has 0 amide bonds. The molecule has 0 aliphatic heterocycles. The maximum Gasteiger partial charge on any atom is -0.0360 e. The van der Waals surface area contributed by atoms with Crippen molar-refractivity contribution in [3.63, 3.8) is 0 Å². The second-order valence-corrected chi connectivity index (χ2v) is 9.95. The molecule has 4 unspecified atom stereocenters. The average Bonchev–Trinajstić information content (AvgIpc) is 2.69. The molecule has 0 radical (unpaired) electrons. The lowest BCUT2D eigenvalue weighted by Gasteiger charge is -2.38. The van der Waals surface area contributed by atoms with Crippen molar-refractivity contribution in [1.29, 1.82) is 0 Å². The highest BCUT2D eigenvalue weighted by molar-refractivity contribution is 4.81. The second-order valence-electron chi connectivity index (χ2n) is 9.95. The van der Waals surface area contributed by atoms with Crippen LogP contribution < -0.4 is 0 Å². The molecule has 0 saturated heterocycles. The van der Waals surface area contributed by atoms with Crippen LogP contribution in [0.3, 0.4) is 0 Å². The zero-order valence-corrected chi connectivity index (χ0v) is 19.7. The summed E-state index contributed by atoms with van der Waals surface area (Å²) in [5, 5.41) is 0. The smallest absolute Gasteiger partial charge is 0.0360 e. The molecule has 4 atom stereocenters. The first kappa shape index (κ1) is 25.0. The summed E-state index contributed by atoms with van der Waals surface area (Å²) in [5.41, 5.74) is 0. The minimum absolute atomic E-state index is 0.975. The van der Waals surface area contributed by atoms with Crippen molar-refractivity contribution >= 4 is 0 Å². The molecule has 1 aliphatic carbocycles. The van der Waals surface area contributed by atoms with Crippen LogP contribution in [0.4, 0.5) is 0 Å². The minimum Gasteiger partial charge on any atom is -0.0654 e. The van der Waals surface area contributed by atoms with Crippen LogP contribution in [-0.4, -0.2) is 0 Å². The molecule has 0 bridgehead atoms. The van der Waals surface area contributed by atoms with E-state index < -0.39 is 0 Å². The van der Waals surface area contributed by atoms with Gasteiger partial charge in [0.25, 0.3) is 0 Å². The fourth-order valence-electron chi connectivity index (χ4n) is 5.69. The molecular formula is C27H54. The van der Waals surface area contributed by atoms with Gasteiger partial charge >= 0.3 is 0 Å². The summed E-state index contributed by atoms with van der Waals surface area (Å²) in [6.07, 6.45) is 28.1. The van der Waals surface area contributed by atoms with Gasteiger partial charge in [-0.25, -0.2) is 0 Å². The molecule has 0 nitrogen and oxygen atoms in total. The summed E-state index contributed by atoms with van der Waals surface area (Å²) >= 11 is 0. The van der Waals surface area contributed by atoms with E-state index in [1.54, 1.807) is 6.42 Å². The van der Waals surface area contributed by atoms with Crippen molar-refractivity contribution in [2.75, 3.05) is 0 Å². The molecule has 1 rings (SSSR count). The van der Waals surface area contributed by atoms with E-state index in [1.165, 1.54) is 116 Å². The van der Waals surface area contributed by atoms with E-state index in [1.807, 2.05) is 0 Å². The van der Waals surface area contributed by atoms with Crippen LogP contribution in [0.1, 0.15) is 150 Å². The molecule has 0 aromatic carbocycles. The van der Waals surface area contributed by atoms with E-state index in [4.69, 9.17) is 0 Å². The summed E-state index contributed by atoms with van der Waals surface area (Å²) in [7, 11) is 0. The van der Waals surface area contributed by atoms with Crippen molar-refractivity contribution in [3.8, 4) is 0 Å². The fraction of sp³-hybridized carbons (Fsp3) is 1.00. The first-order chi connectivity index (χ1) is 13.2. The van der Waals surface area contributed by atoms with E-state index in [-0.39, 0.29) is 0 Å². The highest BCUT2D eigenvalue weighted by Gasteiger charge is 2.30. The minimum atomic E-state index is 0.975. The Morgan fingerprint density at radius 2 is 1.22 bits per heavy atom. The van der Waals surface area contributed by atoms with Gasteiger partial charge in [0, 0.05) is 0 Å². The van der Waals surface area contributed by atoms with E-state index in [9.17, 15) is 0 Å². The Kier molecular flexibility index (Phi) is 15.7. The zero-order chi connectivity index (χ0) is 19.7. The van der Waals surface area contributed by atoms with Crippen LogP contribution in [-0.2, 0) is 0 Å². The van der Waals surface area contributed by atoms with Gasteiger partial charge < -0.3 is 0 Å². The summed E-state index contributed by atoms with van der Waals surface area (Å²) < 4.78 is 0. The van der Waals surface area contributed by atoms with Gasteiger partial charge in [0.15, 0.2) is 0 Å². The molecule has 1 saturated carbocycles. The fourth-order valence-corrected chi connectivity index (χ4v) is 5.69. The Labute approximate surface area is 173 Å². The SMILES string of the molecule is CCCCCCCCCC(C)C1CCCCC1CC(CC)CCCCCC. The summed E-state index contributed by atoms with van der Waals surface area (Å²) in [5.74, 6) is 4.08. The quantitative estimate of drug-likeness (QED) is 0.221. The van der Waals surface area contributed by atoms with Gasteiger partial charge in [-0.05, 0) is 36.5 Å². The third-order valence-electron chi connectivity index (χ3n) is 7.64. The van der Waals surface area contributed by atoms with E-state index in [0.29, 0.717) is 0 Å². The van der Waals surface area contributed by atoms with Gasteiger partial charge in [-0.15, -0.1) is 0 Å². The van der Waals surface area contributed by atoms with Crippen molar-refractivity contribution in [2.24, 2.45) is 23.7 Å². The highest BCUT2D eigenvalue weighted by Crippen LogP contribution is 2.41. The topological polar surface area (TPSA) is 0 Å². The molecular weight excluding hydrogens is 324 g/mol. The number of rotatable bonds is 17. The van der Waals surface area contributed by atoms with Gasteiger partial charge in [-0.3, -0.25) is 0 Å². The first-order valence-corrected chi connectivity index (χ1v) is 13.2. The Hall–Kier alpha value is 0. The van der Waals surface area contributed by atoms with Gasteiger partial charge in [0.2, 0.25) is 0 Å². The molecule has 27 heavy (non-hydrogen) atoms. The number of hydrogen-bond donors (Lipinski definition) is 0. The molecule has 1 aliphatic rings. The molecule has 0 N–H and O–H groups in total. The molecule has 0 aromatic rings. The highest BCUT2D eigenvalue weighted by atomic mass is 14.4. The zero-order valence-electron chi connectivity index (χ0n) is 19.7. The number of unbranched alkanes of at least 4 members (excludes halogenated alkanes) is 9. The Morgan fingerprint density at radius 3 is 1.89 bits per heavy atom. The van der Waals surface area contributed by atoms with Crippen LogP contribution in [0.2, 0.25) is 0 Å². The molecule has 0 spiro atoms. The standard InChI is InChI=1S/C27H54/c1-5-8-10-12-13-14-15-19-24(4)27-22-18-17-21-26(27)23-25(7-3)20-16-11-9-6-2/h24-27H,5-23H2,1-4H3. The normalized spacial score (nSPS) is 22.7. The molecule has 162 valence electrons. The van der Waals surface area contributed by atoms with Gasteiger partial charge in [-0.1, -0.05) is 137 Å². The average molecular weight is 379 g/mol. The van der Waals surface area contributed by atoms with Crippen molar-refractivity contribution in [3.05, 3.63) is 0 Å². The van der Waals surface area contributed by atoms with Crippen LogP contribution in [0.5, 0.6) is 0 Å². The summed E-state index contributed by atoms with van der Waals surface area (Å²) in [4.78, 5) is 0. The Bertz CT molecular complexity index is 307. The van der Waals surface area contributed by atoms with Crippen molar-refractivity contribution in [1.82, 2.24) is 0 Å².